The van der Waals surface area contributed by atoms with Gasteiger partial charge in [-0.3, -0.25) is 4.79 Å². The highest BCUT2D eigenvalue weighted by atomic mass is 19.1. The molecule has 162 valence electrons. The van der Waals surface area contributed by atoms with Gasteiger partial charge in [-0.2, -0.15) is 5.10 Å². The van der Waals surface area contributed by atoms with Gasteiger partial charge in [-0.15, -0.1) is 0 Å². The van der Waals surface area contributed by atoms with Gasteiger partial charge >= 0.3 is 0 Å². The minimum Gasteiger partial charge on any atom is -0.439 e. The summed E-state index contributed by atoms with van der Waals surface area (Å²) in [5, 5.41) is 7.33. The maximum absolute atomic E-state index is 13.4. The molecule has 0 saturated carbocycles. The van der Waals surface area contributed by atoms with Crippen molar-refractivity contribution in [2.24, 2.45) is 0 Å². The molecule has 0 radical (unpaired) electrons. The second kappa shape index (κ2) is 9.43. The van der Waals surface area contributed by atoms with Gasteiger partial charge in [0.1, 0.15) is 17.4 Å². The van der Waals surface area contributed by atoms with Gasteiger partial charge in [0.05, 0.1) is 11.4 Å². The molecule has 0 saturated heterocycles. The molecule has 0 bridgehead atoms. The third-order valence-corrected chi connectivity index (χ3v) is 4.90. The van der Waals surface area contributed by atoms with E-state index in [1.165, 1.54) is 36.4 Å². The number of ether oxygens (including phenoxy) is 1. The van der Waals surface area contributed by atoms with Gasteiger partial charge in [-0.05, 0) is 74.0 Å². The number of aryl methyl sites for hydroxylation is 1. The standard InChI is InChI=1S/C25H21F2N3O2/c1-17-23(15-16-24(31)28-20-11-7-18(26)8-12-20)25(32-22-5-3-2-4-6-22)30(29-17)21-13-9-19(27)10-14-21/h2-14H,15-16H2,1H3,(H,28,31). The Bertz CT molecular complexity index is 1200. The number of hydrogen-bond donors (Lipinski definition) is 1. The molecule has 0 aliphatic carbocycles. The lowest BCUT2D eigenvalue weighted by atomic mass is 10.1. The summed E-state index contributed by atoms with van der Waals surface area (Å²) >= 11 is 0. The number of nitrogens with one attached hydrogen (secondary N) is 1. The predicted molar refractivity (Wildman–Crippen MR) is 118 cm³/mol. The van der Waals surface area contributed by atoms with E-state index in [0.717, 1.165) is 5.56 Å². The van der Waals surface area contributed by atoms with E-state index in [1.807, 2.05) is 37.3 Å². The van der Waals surface area contributed by atoms with E-state index in [2.05, 4.69) is 10.4 Å². The molecule has 0 aliphatic heterocycles. The van der Waals surface area contributed by atoms with Gasteiger partial charge in [-0.1, -0.05) is 18.2 Å². The summed E-state index contributed by atoms with van der Waals surface area (Å²) in [5.74, 6) is 0.161. The quantitative estimate of drug-likeness (QED) is 0.399. The van der Waals surface area contributed by atoms with Crippen LogP contribution in [0.25, 0.3) is 5.69 Å². The third kappa shape index (κ3) is 5.00. The van der Waals surface area contributed by atoms with Crippen LogP contribution in [0.3, 0.4) is 0 Å². The van der Waals surface area contributed by atoms with E-state index in [1.54, 1.807) is 16.8 Å². The van der Waals surface area contributed by atoms with Crippen molar-refractivity contribution in [3.63, 3.8) is 0 Å². The van der Waals surface area contributed by atoms with E-state index in [0.29, 0.717) is 35.1 Å². The molecule has 7 heteroatoms. The maximum atomic E-state index is 13.4. The van der Waals surface area contributed by atoms with Crippen LogP contribution in [-0.4, -0.2) is 15.7 Å². The van der Waals surface area contributed by atoms with Crippen molar-refractivity contribution in [2.75, 3.05) is 5.32 Å². The first-order chi connectivity index (χ1) is 15.5. The average molecular weight is 433 g/mol. The molecule has 0 atom stereocenters. The lowest BCUT2D eigenvalue weighted by Crippen LogP contribution is -2.12. The van der Waals surface area contributed by atoms with E-state index in [9.17, 15) is 13.6 Å². The smallest absolute Gasteiger partial charge is 0.226 e. The second-order valence-corrected chi connectivity index (χ2v) is 7.23. The first kappa shape index (κ1) is 21.2. The van der Waals surface area contributed by atoms with Crippen molar-refractivity contribution in [2.45, 2.75) is 19.8 Å². The Morgan fingerprint density at radius 2 is 1.56 bits per heavy atom. The van der Waals surface area contributed by atoms with E-state index < -0.39 is 0 Å². The number of aromatic nitrogens is 2. The number of rotatable bonds is 7. The predicted octanol–water partition coefficient (Wildman–Crippen LogP) is 5.82. The molecule has 32 heavy (non-hydrogen) atoms. The second-order valence-electron chi connectivity index (χ2n) is 7.23. The van der Waals surface area contributed by atoms with Crippen molar-refractivity contribution in [1.82, 2.24) is 9.78 Å². The number of carbonyl (C=O) groups excluding carboxylic acids is 1. The first-order valence-electron chi connectivity index (χ1n) is 10.1. The van der Waals surface area contributed by atoms with Crippen molar-refractivity contribution in [3.8, 4) is 17.3 Å². The summed E-state index contributed by atoms with van der Waals surface area (Å²) in [6, 6.07) is 20.8. The van der Waals surface area contributed by atoms with E-state index >= 15 is 0 Å². The Morgan fingerprint density at radius 3 is 2.22 bits per heavy atom. The summed E-state index contributed by atoms with van der Waals surface area (Å²) in [5.41, 5.74) is 2.64. The minimum absolute atomic E-state index is 0.179. The molecular weight excluding hydrogens is 412 g/mol. The monoisotopic (exact) mass is 433 g/mol. The Kier molecular flexibility index (Phi) is 6.26. The highest BCUT2D eigenvalue weighted by molar-refractivity contribution is 5.90. The Labute approximate surface area is 184 Å². The van der Waals surface area contributed by atoms with Crippen LogP contribution in [0.2, 0.25) is 0 Å². The van der Waals surface area contributed by atoms with Crippen molar-refractivity contribution in [3.05, 3.63) is 102 Å². The lowest BCUT2D eigenvalue weighted by Gasteiger charge is -2.11. The van der Waals surface area contributed by atoms with Crippen LogP contribution in [0.5, 0.6) is 11.6 Å². The fraction of sp³-hybridized carbons (Fsp3) is 0.120. The van der Waals surface area contributed by atoms with Gasteiger partial charge < -0.3 is 10.1 Å². The molecule has 4 rings (SSSR count). The van der Waals surface area contributed by atoms with Gasteiger partial charge in [-0.25, -0.2) is 13.5 Å². The van der Waals surface area contributed by atoms with E-state index in [4.69, 9.17) is 4.74 Å². The number of halogens is 2. The highest BCUT2D eigenvalue weighted by Gasteiger charge is 2.20. The van der Waals surface area contributed by atoms with Gasteiger partial charge in [0.2, 0.25) is 11.8 Å². The number of hydrogen-bond acceptors (Lipinski definition) is 3. The van der Waals surface area contributed by atoms with Gasteiger partial charge in [0, 0.05) is 17.7 Å². The van der Waals surface area contributed by atoms with Crippen LogP contribution in [0, 0.1) is 18.6 Å². The van der Waals surface area contributed by atoms with Crippen molar-refractivity contribution < 1.29 is 18.3 Å². The molecule has 0 spiro atoms. The maximum Gasteiger partial charge on any atom is 0.226 e. The minimum atomic E-state index is -0.366. The topological polar surface area (TPSA) is 56.2 Å². The number of carbonyl (C=O) groups is 1. The van der Waals surface area contributed by atoms with Gasteiger partial charge in [0.15, 0.2) is 0 Å². The van der Waals surface area contributed by atoms with Crippen LogP contribution in [0.1, 0.15) is 17.7 Å². The van der Waals surface area contributed by atoms with Crippen molar-refractivity contribution in [1.29, 1.82) is 0 Å². The number of benzene rings is 3. The lowest BCUT2D eigenvalue weighted by molar-refractivity contribution is -0.116. The van der Waals surface area contributed by atoms with Gasteiger partial charge in [0.25, 0.3) is 0 Å². The molecule has 1 aromatic heterocycles. The average Bonchev–Trinajstić information content (AvgIpc) is 3.10. The molecule has 0 aliphatic rings. The van der Waals surface area contributed by atoms with Crippen LogP contribution in [0.4, 0.5) is 14.5 Å². The van der Waals surface area contributed by atoms with Crippen LogP contribution < -0.4 is 10.1 Å². The molecule has 1 N–H and O–H groups in total. The normalized spacial score (nSPS) is 10.7. The van der Waals surface area contributed by atoms with Crippen molar-refractivity contribution >= 4 is 11.6 Å². The molecule has 1 heterocycles. The molecule has 4 aromatic rings. The zero-order valence-electron chi connectivity index (χ0n) is 17.4. The molecule has 5 nitrogen and oxygen atoms in total. The molecule has 3 aromatic carbocycles. The summed E-state index contributed by atoms with van der Waals surface area (Å²) in [4.78, 5) is 12.5. The van der Waals surface area contributed by atoms with Crippen LogP contribution in [-0.2, 0) is 11.2 Å². The molecule has 1 amide bonds. The Morgan fingerprint density at radius 1 is 0.938 bits per heavy atom. The molecular formula is C25H21F2N3O2. The summed E-state index contributed by atoms with van der Waals surface area (Å²) < 4.78 is 34.2. The Balaban J connectivity index is 1.59. The fourth-order valence-corrected chi connectivity index (χ4v) is 3.28. The van der Waals surface area contributed by atoms with Crippen LogP contribution >= 0.6 is 0 Å². The first-order valence-corrected chi connectivity index (χ1v) is 10.1. The summed E-state index contributed by atoms with van der Waals surface area (Å²) in [6.45, 7) is 1.84. The number of nitrogens with zero attached hydrogens (tertiary/aromatic N) is 2. The Hall–Kier alpha value is -4.00. The SMILES string of the molecule is Cc1nn(-c2ccc(F)cc2)c(Oc2ccccc2)c1CCC(=O)Nc1ccc(F)cc1. The number of amides is 1. The third-order valence-electron chi connectivity index (χ3n) is 4.90. The summed E-state index contributed by atoms with van der Waals surface area (Å²) in [6.07, 6.45) is 0.556. The number of anilines is 1. The number of para-hydroxylation sites is 1. The van der Waals surface area contributed by atoms with Crippen LogP contribution in [0.15, 0.2) is 78.9 Å². The molecule has 0 fully saturated rings. The zero-order chi connectivity index (χ0) is 22.5. The largest absolute Gasteiger partial charge is 0.439 e. The fourth-order valence-electron chi connectivity index (χ4n) is 3.28. The van der Waals surface area contributed by atoms with E-state index in [-0.39, 0.29) is 24.0 Å². The zero-order valence-corrected chi connectivity index (χ0v) is 17.4. The molecule has 0 unspecified atom stereocenters. The highest BCUT2D eigenvalue weighted by Crippen LogP contribution is 2.31. The summed E-state index contributed by atoms with van der Waals surface area (Å²) in [7, 11) is 0.